The van der Waals surface area contributed by atoms with Crippen molar-refractivity contribution in [1.82, 2.24) is 25.8 Å². The van der Waals surface area contributed by atoms with Crippen molar-refractivity contribution in [3.8, 4) is 5.75 Å². The normalized spacial score (nSPS) is 27.6. The van der Waals surface area contributed by atoms with Crippen molar-refractivity contribution < 1.29 is 23.9 Å². The summed E-state index contributed by atoms with van der Waals surface area (Å²) >= 11 is 0. The molecule has 202 valence electrons. The zero-order valence-electron chi connectivity index (χ0n) is 22.4. The molecule has 1 aromatic rings. The van der Waals surface area contributed by atoms with Crippen LogP contribution in [0.2, 0.25) is 0 Å². The van der Waals surface area contributed by atoms with E-state index in [4.69, 9.17) is 4.74 Å². The molecular formula is C27H39N5O5. The molecular weight excluding hydrogens is 474 g/mol. The highest BCUT2D eigenvalue weighted by Crippen LogP contribution is 2.36. The third-order valence-corrected chi connectivity index (χ3v) is 8.16. The highest BCUT2D eigenvalue weighted by Gasteiger charge is 2.51. The minimum atomic E-state index is -1.00. The van der Waals surface area contributed by atoms with Gasteiger partial charge in [-0.2, -0.15) is 0 Å². The Bertz CT molecular complexity index is 1060. The molecule has 0 unspecified atom stereocenters. The molecule has 10 nitrogen and oxygen atoms in total. The lowest BCUT2D eigenvalue weighted by atomic mass is 9.88. The second kappa shape index (κ2) is 10.7. The van der Waals surface area contributed by atoms with E-state index in [9.17, 15) is 19.2 Å². The highest BCUT2D eigenvalue weighted by molar-refractivity contribution is 5.95. The molecule has 0 radical (unpaired) electrons. The molecule has 4 rings (SSSR count). The van der Waals surface area contributed by atoms with Crippen molar-refractivity contribution in [3.63, 3.8) is 0 Å². The van der Waals surface area contributed by atoms with Gasteiger partial charge < -0.3 is 30.5 Å². The maximum atomic E-state index is 14.2. The Labute approximate surface area is 218 Å². The van der Waals surface area contributed by atoms with Crippen LogP contribution in [0.3, 0.4) is 0 Å². The van der Waals surface area contributed by atoms with E-state index in [2.05, 4.69) is 16.0 Å². The van der Waals surface area contributed by atoms with Gasteiger partial charge in [-0.15, -0.1) is 0 Å². The van der Waals surface area contributed by atoms with Gasteiger partial charge in [0.15, 0.2) is 0 Å². The number of rotatable bonds is 5. The number of fused-ring (bicyclic) bond motifs is 2. The van der Waals surface area contributed by atoms with Crippen LogP contribution in [0.15, 0.2) is 24.3 Å². The minimum absolute atomic E-state index is 0.155. The topological polar surface area (TPSA) is 120 Å². The number of amides is 4. The first-order valence-electron chi connectivity index (χ1n) is 13.2. The lowest BCUT2D eigenvalue weighted by Gasteiger charge is -2.48. The van der Waals surface area contributed by atoms with Crippen molar-refractivity contribution in [1.29, 1.82) is 0 Å². The second-order valence-corrected chi connectivity index (χ2v) is 10.8. The third kappa shape index (κ3) is 5.16. The summed E-state index contributed by atoms with van der Waals surface area (Å²) in [5.41, 5.74) is -0.0552. The summed E-state index contributed by atoms with van der Waals surface area (Å²) in [6.07, 6.45) is 2.41. The van der Waals surface area contributed by atoms with E-state index in [0.717, 1.165) is 11.3 Å². The number of para-hydroxylation sites is 1. The van der Waals surface area contributed by atoms with Gasteiger partial charge in [0.05, 0.1) is 24.2 Å². The van der Waals surface area contributed by atoms with Crippen LogP contribution in [-0.4, -0.2) is 83.3 Å². The molecule has 0 aliphatic carbocycles. The molecule has 2 fully saturated rings. The Morgan fingerprint density at radius 1 is 1.08 bits per heavy atom. The SMILES string of the molecule is CN[C@@H](C)C(=O)N[C@@H]1C(=O)N2[C@H](CC[C@H]2C(=O)N[C@@H]2CCOc3ccccc32)CCN(C(C)=O)C1(C)C. The zero-order chi connectivity index (χ0) is 26.9. The van der Waals surface area contributed by atoms with E-state index >= 15 is 0 Å². The maximum Gasteiger partial charge on any atom is 0.248 e. The Morgan fingerprint density at radius 3 is 2.51 bits per heavy atom. The van der Waals surface area contributed by atoms with Crippen LogP contribution in [0.4, 0.5) is 0 Å². The minimum Gasteiger partial charge on any atom is -0.493 e. The average molecular weight is 514 g/mol. The van der Waals surface area contributed by atoms with Crippen LogP contribution < -0.4 is 20.7 Å². The predicted molar refractivity (Wildman–Crippen MR) is 138 cm³/mol. The van der Waals surface area contributed by atoms with Crippen LogP contribution in [-0.2, 0) is 19.2 Å². The Morgan fingerprint density at radius 2 is 1.81 bits per heavy atom. The summed E-state index contributed by atoms with van der Waals surface area (Å²) in [5.74, 6) is -0.264. The molecule has 5 atom stereocenters. The molecule has 2 saturated heterocycles. The Hall–Kier alpha value is -3.14. The first kappa shape index (κ1) is 26.9. The quantitative estimate of drug-likeness (QED) is 0.543. The number of benzene rings is 1. The molecule has 3 heterocycles. The van der Waals surface area contributed by atoms with Crippen molar-refractivity contribution in [2.75, 3.05) is 20.2 Å². The van der Waals surface area contributed by atoms with Gasteiger partial charge in [-0.1, -0.05) is 18.2 Å². The lowest BCUT2D eigenvalue weighted by molar-refractivity contribution is -0.153. The fourth-order valence-electron chi connectivity index (χ4n) is 5.89. The van der Waals surface area contributed by atoms with Gasteiger partial charge in [-0.3, -0.25) is 19.2 Å². The largest absolute Gasteiger partial charge is 0.493 e. The summed E-state index contributed by atoms with van der Waals surface area (Å²) in [6.45, 7) is 7.73. The molecule has 0 bridgehead atoms. The van der Waals surface area contributed by atoms with Gasteiger partial charge in [0, 0.05) is 31.5 Å². The number of nitrogens with zero attached hydrogens (tertiary/aromatic N) is 2. The number of hydrogen-bond acceptors (Lipinski definition) is 6. The highest BCUT2D eigenvalue weighted by atomic mass is 16.5. The standard InChI is InChI=1S/C27H39N5O5/c1-16(28-5)24(34)30-23-26(36)32-18(12-14-31(17(2)33)27(23,3)4)10-11-21(32)25(35)29-20-13-15-37-22-9-7-6-8-19(20)22/h6-9,16,18,20-21,23,28H,10-15H2,1-5H3,(H,29,35)(H,30,34)/t16-,18+,20+,21-,23+/m0/s1. The Kier molecular flexibility index (Phi) is 7.77. The molecule has 4 amide bonds. The fraction of sp³-hybridized carbons (Fsp3) is 0.630. The van der Waals surface area contributed by atoms with E-state index in [0.29, 0.717) is 38.8 Å². The average Bonchev–Trinajstić information content (AvgIpc) is 3.29. The van der Waals surface area contributed by atoms with Gasteiger partial charge in [0.25, 0.3) is 0 Å². The van der Waals surface area contributed by atoms with Gasteiger partial charge in [-0.25, -0.2) is 0 Å². The van der Waals surface area contributed by atoms with Crippen molar-refractivity contribution in [3.05, 3.63) is 29.8 Å². The van der Waals surface area contributed by atoms with Crippen molar-refractivity contribution in [2.24, 2.45) is 0 Å². The van der Waals surface area contributed by atoms with Crippen molar-refractivity contribution in [2.45, 2.75) is 89.1 Å². The summed E-state index contributed by atoms with van der Waals surface area (Å²) < 4.78 is 5.73. The summed E-state index contributed by atoms with van der Waals surface area (Å²) in [6, 6.07) is 5.10. The van der Waals surface area contributed by atoms with Crippen LogP contribution >= 0.6 is 0 Å². The van der Waals surface area contributed by atoms with E-state index in [1.165, 1.54) is 6.92 Å². The molecule has 1 aromatic carbocycles. The second-order valence-electron chi connectivity index (χ2n) is 10.8. The first-order valence-corrected chi connectivity index (χ1v) is 13.2. The summed E-state index contributed by atoms with van der Waals surface area (Å²) in [7, 11) is 1.67. The van der Waals surface area contributed by atoms with E-state index in [1.807, 2.05) is 24.3 Å². The summed E-state index contributed by atoms with van der Waals surface area (Å²) in [4.78, 5) is 56.6. The Balaban J connectivity index is 1.61. The monoisotopic (exact) mass is 513 g/mol. The smallest absolute Gasteiger partial charge is 0.248 e. The molecule has 10 heteroatoms. The number of nitrogens with one attached hydrogen (secondary N) is 3. The predicted octanol–water partition coefficient (Wildman–Crippen LogP) is 1.11. The third-order valence-electron chi connectivity index (χ3n) is 8.16. The zero-order valence-corrected chi connectivity index (χ0v) is 22.4. The maximum absolute atomic E-state index is 14.2. The summed E-state index contributed by atoms with van der Waals surface area (Å²) in [5, 5.41) is 8.95. The molecule has 3 aliphatic rings. The van der Waals surface area contributed by atoms with Crippen LogP contribution in [0, 0.1) is 0 Å². The lowest BCUT2D eigenvalue weighted by Crippen LogP contribution is -2.70. The van der Waals surface area contributed by atoms with Crippen molar-refractivity contribution >= 4 is 23.6 Å². The molecule has 3 aliphatic heterocycles. The number of likely N-dealkylation sites (N-methyl/N-ethyl adjacent to an activating group) is 1. The first-order chi connectivity index (χ1) is 17.6. The van der Waals surface area contributed by atoms with E-state index in [1.54, 1.807) is 37.6 Å². The fourth-order valence-corrected chi connectivity index (χ4v) is 5.89. The molecule has 37 heavy (non-hydrogen) atoms. The van der Waals surface area contributed by atoms with Gasteiger partial charge in [0.2, 0.25) is 23.6 Å². The molecule has 0 spiro atoms. The number of hydrogen-bond donors (Lipinski definition) is 3. The molecule has 0 saturated carbocycles. The van der Waals surface area contributed by atoms with Crippen LogP contribution in [0.1, 0.15) is 65.0 Å². The van der Waals surface area contributed by atoms with Crippen LogP contribution in [0.5, 0.6) is 5.75 Å². The van der Waals surface area contributed by atoms with Gasteiger partial charge in [-0.05, 0) is 53.1 Å². The van der Waals surface area contributed by atoms with Crippen LogP contribution in [0.25, 0.3) is 0 Å². The van der Waals surface area contributed by atoms with Gasteiger partial charge >= 0.3 is 0 Å². The number of carbonyl (C=O) groups excluding carboxylic acids is 4. The molecule has 3 N–H and O–H groups in total. The number of carbonyl (C=O) groups is 4. The van der Waals surface area contributed by atoms with Gasteiger partial charge in [0.1, 0.15) is 17.8 Å². The van der Waals surface area contributed by atoms with E-state index < -0.39 is 23.7 Å². The van der Waals surface area contributed by atoms with E-state index in [-0.39, 0.29) is 35.7 Å². The molecule has 0 aromatic heterocycles. The number of ether oxygens (including phenoxy) is 1.